The summed E-state index contributed by atoms with van der Waals surface area (Å²) in [6.07, 6.45) is 0.818. The minimum atomic E-state index is -0.0860. The largest absolute Gasteiger partial charge is 0.389 e. The molecule has 3 N–H and O–H groups in total. The molecule has 0 saturated carbocycles. The van der Waals surface area contributed by atoms with Crippen molar-refractivity contribution < 1.29 is 4.79 Å². The number of aryl methyl sites for hydroxylation is 1. The van der Waals surface area contributed by atoms with Gasteiger partial charge in [0.2, 0.25) is 0 Å². The van der Waals surface area contributed by atoms with Crippen LogP contribution in [0.4, 0.5) is 0 Å². The molecule has 2 aromatic rings. The molecule has 21 heavy (non-hydrogen) atoms. The Morgan fingerprint density at radius 2 is 1.81 bits per heavy atom. The molecule has 3 nitrogen and oxygen atoms in total. The van der Waals surface area contributed by atoms with E-state index in [9.17, 15) is 4.79 Å². The highest BCUT2D eigenvalue weighted by atomic mass is 32.1. The van der Waals surface area contributed by atoms with Crippen LogP contribution in [0.2, 0.25) is 0 Å². The Balaban J connectivity index is 1.88. The van der Waals surface area contributed by atoms with Gasteiger partial charge in [0.25, 0.3) is 5.91 Å². The summed E-state index contributed by atoms with van der Waals surface area (Å²) in [5.41, 5.74) is 9.35. The van der Waals surface area contributed by atoms with E-state index in [1.807, 2.05) is 6.07 Å². The number of nitrogens with two attached hydrogens (primary N) is 1. The van der Waals surface area contributed by atoms with Crippen LogP contribution < -0.4 is 11.1 Å². The summed E-state index contributed by atoms with van der Waals surface area (Å²) in [7, 11) is 0. The van der Waals surface area contributed by atoms with E-state index >= 15 is 0 Å². The van der Waals surface area contributed by atoms with Crippen LogP contribution in [-0.2, 0) is 6.42 Å². The third-order valence-electron chi connectivity index (χ3n) is 3.21. The van der Waals surface area contributed by atoms with Crippen LogP contribution in [0.1, 0.15) is 27.0 Å². The fraction of sp³-hybridized carbons (Fsp3) is 0.176. The van der Waals surface area contributed by atoms with E-state index in [0.717, 1.165) is 12.0 Å². The molecule has 0 aliphatic carbocycles. The molecule has 0 fully saturated rings. The molecule has 4 heteroatoms. The van der Waals surface area contributed by atoms with Gasteiger partial charge in [-0.25, -0.2) is 0 Å². The fourth-order valence-electron chi connectivity index (χ4n) is 2.08. The molecule has 0 saturated heterocycles. The standard InChI is InChI=1S/C17H18N2OS/c1-12-3-2-4-13(11-12)9-10-19-17(20)15-7-5-14(6-8-15)16(18)21/h2-8,11H,9-10H2,1H3,(H2,18,21)(H,19,20). The number of hydrogen-bond donors (Lipinski definition) is 2. The molecule has 0 unspecified atom stereocenters. The van der Waals surface area contributed by atoms with Crippen molar-refractivity contribution in [2.75, 3.05) is 6.54 Å². The van der Waals surface area contributed by atoms with Crippen LogP contribution in [0.15, 0.2) is 48.5 Å². The molecule has 0 spiro atoms. The zero-order valence-electron chi connectivity index (χ0n) is 11.9. The highest BCUT2D eigenvalue weighted by Gasteiger charge is 2.05. The summed E-state index contributed by atoms with van der Waals surface area (Å²) in [6, 6.07) is 15.3. The second-order valence-electron chi connectivity index (χ2n) is 4.94. The highest BCUT2D eigenvalue weighted by molar-refractivity contribution is 7.80. The van der Waals surface area contributed by atoms with Crippen LogP contribution >= 0.6 is 12.2 Å². The Morgan fingerprint density at radius 3 is 2.43 bits per heavy atom. The number of rotatable bonds is 5. The first-order chi connectivity index (χ1) is 10.1. The Morgan fingerprint density at radius 1 is 1.14 bits per heavy atom. The van der Waals surface area contributed by atoms with Gasteiger partial charge in [0.1, 0.15) is 4.99 Å². The smallest absolute Gasteiger partial charge is 0.251 e. The van der Waals surface area contributed by atoms with Gasteiger partial charge in [0.15, 0.2) is 0 Å². The number of benzene rings is 2. The molecule has 2 rings (SSSR count). The van der Waals surface area contributed by atoms with Gasteiger partial charge in [0, 0.05) is 17.7 Å². The Kier molecular flexibility index (Phi) is 5.06. The maximum atomic E-state index is 12.0. The first kappa shape index (κ1) is 15.2. The summed E-state index contributed by atoms with van der Waals surface area (Å²) < 4.78 is 0. The van der Waals surface area contributed by atoms with Gasteiger partial charge in [0.05, 0.1) is 0 Å². The fourth-order valence-corrected chi connectivity index (χ4v) is 2.21. The normalized spacial score (nSPS) is 10.1. The predicted octanol–water partition coefficient (Wildman–Crippen LogP) is 2.60. The first-order valence-electron chi connectivity index (χ1n) is 6.80. The van der Waals surface area contributed by atoms with Crippen molar-refractivity contribution >= 4 is 23.1 Å². The second-order valence-corrected chi connectivity index (χ2v) is 5.38. The monoisotopic (exact) mass is 298 g/mol. The van der Waals surface area contributed by atoms with Crippen LogP contribution in [0.3, 0.4) is 0 Å². The Bertz CT molecular complexity index is 650. The number of hydrogen-bond acceptors (Lipinski definition) is 2. The summed E-state index contributed by atoms with van der Waals surface area (Å²) in [4.78, 5) is 12.3. The molecular weight excluding hydrogens is 280 g/mol. The SMILES string of the molecule is Cc1cccc(CCNC(=O)c2ccc(C(N)=S)cc2)c1. The summed E-state index contributed by atoms with van der Waals surface area (Å²) in [5.74, 6) is -0.0860. The van der Waals surface area contributed by atoms with Crippen molar-refractivity contribution in [3.05, 3.63) is 70.8 Å². The van der Waals surface area contributed by atoms with Crippen LogP contribution in [0.25, 0.3) is 0 Å². The molecule has 0 aliphatic rings. The quantitative estimate of drug-likeness (QED) is 0.834. The molecule has 108 valence electrons. The lowest BCUT2D eigenvalue weighted by molar-refractivity contribution is 0.0954. The molecule has 2 aromatic carbocycles. The minimum absolute atomic E-state index is 0.0860. The van der Waals surface area contributed by atoms with Crippen molar-refractivity contribution in [1.29, 1.82) is 0 Å². The van der Waals surface area contributed by atoms with Gasteiger partial charge in [-0.1, -0.05) is 54.2 Å². The molecule has 0 radical (unpaired) electrons. The van der Waals surface area contributed by atoms with Crippen molar-refractivity contribution in [2.24, 2.45) is 5.73 Å². The zero-order valence-corrected chi connectivity index (χ0v) is 12.7. The van der Waals surface area contributed by atoms with Crippen molar-refractivity contribution in [3.8, 4) is 0 Å². The van der Waals surface area contributed by atoms with Crippen LogP contribution in [0.5, 0.6) is 0 Å². The Labute approximate surface area is 130 Å². The highest BCUT2D eigenvalue weighted by Crippen LogP contribution is 2.06. The number of thiocarbonyl (C=S) groups is 1. The summed E-state index contributed by atoms with van der Waals surface area (Å²) >= 11 is 4.88. The summed E-state index contributed by atoms with van der Waals surface area (Å²) in [5, 5.41) is 2.91. The number of amides is 1. The van der Waals surface area contributed by atoms with Gasteiger partial charge in [-0.3, -0.25) is 4.79 Å². The molecular formula is C17H18N2OS. The molecule has 0 aliphatic heterocycles. The molecule has 1 amide bonds. The number of carbonyl (C=O) groups excluding carboxylic acids is 1. The molecule has 0 atom stereocenters. The lowest BCUT2D eigenvalue weighted by atomic mass is 10.1. The van der Waals surface area contributed by atoms with E-state index in [-0.39, 0.29) is 5.91 Å². The van der Waals surface area contributed by atoms with Gasteiger partial charge in [-0.05, 0) is 31.0 Å². The van der Waals surface area contributed by atoms with Gasteiger partial charge in [-0.2, -0.15) is 0 Å². The van der Waals surface area contributed by atoms with E-state index in [2.05, 4.69) is 30.4 Å². The zero-order chi connectivity index (χ0) is 15.2. The number of nitrogens with one attached hydrogen (secondary N) is 1. The summed E-state index contributed by atoms with van der Waals surface area (Å²) in [6.45, 7) is 2.67. The van der Waals surface area contributed by atoms with Crippen molar-refractivity contribution in [1.82, 2.24) is 5.32 Å². The molecule has 0 heterocycles. The molecule has 0 bridgehead atoms. The van der Waals surface area contributed by atoms with Gasteiger partial charge < -0.3 is 11.1 Å². The lowest BCUT2D eigenvalue weighted by Gasteiger charge is -2.07. The van der Waals surface area contributed by atoms with E-state index in [0.29, 0.717) is 17.1 Å². The van der Waals surface area contributed by atoms with Crippen LogP contribution in [0, 0.1) is 6.92 Å². The average Bonchev–Trinajstić information content (AvgIpc) is 2.47. The second kappa shape index (κ2) is 6.99. The third-order valence-corrected chi connectivity index (χ3v) is 3.45. The first-order valence-corrected chi connectivity index (χ1v) is 7.21. The lowest BCUT2D eigenvalue weighted by Crippen LogP contribution is -2.25. The Hall–Kier alpha value is -2.20. The van der Waals surface area contributed by atoms with Gasteiger partial charge in [-0.15, -0.1) is 0 Å². The average molecular weight is 298 g/mol. The minimum Gasteiger partial charge on any atom is -0.389 e. The maximum absolute atomic E-state index is 12.0. The van der Waals surface area contributed by atoms with E-state index in [1.165, 1.54) is 11.1 Å². The van der Waals surface area contributed by atoms with Crippen LogP contribution in [-0.4, -0.2) is 17.4 Å². The number of carbonyl (C=O) groups is 1. The third kappa shape index (κ3) is 4.39. The van der Waals surface area contributed by atoms with E-state index in [4.69, 9.17) is 18.0 Å². The van der Waals surface area contributed by atoms with Crippen molar-refractivity contribution in [2.45, 2.75) is 13.3 Å². The maximum Gasteiger partial charge on any atom is 0.251 e. The van der Waals surface area contributed by atoms with E-state index < -0.39 is 0 Å². The van der Waals surface area contributed by atoms with E-state index in [1.54, 1.807) is 24.3 Å². The van der Waals surface area contributed by atoms with Crippen molar-refractivity contribution in [3.63, 3.8) is 0 Å². The topological polar surface area (TPSA) is 55.1 Å². The predicted molar refractivity (Wildman–Crippen MR) is 89.5 cm³/mol. The van der Waals surface area contributed by atoms with Gasteiger partial charge >= 0.3 is 0 Å². The molecule has 0 aromatic heterocycles.